The van der Waals surface area contributed by atoms with Crippen molar-refractivity contribution in [2.75, 3.05) is 31.1 Å². The highest BCUT2D eigenvalue weighted by Crippen LogP contribution is 2.22. The number of nitrogens with zero attached hydrogens (tertiary/aromatic N) is 6. The lowest BCUT2D eigenvalue weighted by Gasteiger charge is -2.34. The largest absolute Gasteiger partial charge is 0.353 e. The molecule has 0 saturated carbocycles. The molecule has 0 radical (unpaired) electrons. The predicted molar refractivity (Wildman–Crippen MR) is 110 cm³/mol. The fourth-order valence-electron chi connectivity index (χ4n) is 3.50. The predicted octanol–water partition coefficient (Wildman–Crippen LogP) is 3.45. The van der Waals surface area contributed by atoms with Gasteiger partial charge in [-0.2, -0.15) is 10.2 Å². The van der Waals surface area contributed by atoms with Gasteiger partial charge >= 0.3 is 0 Å². The van der Waals surface area contributed by atoms with Gasteiger partial charge in [0.2, 0.25) is 11.7 Å². The van der Waals surface area contributed by atoms with E-state index in [2.05, 4.69) is 57.0 Å². The van der Waals surface area contributed by atoms with E-state index in [1.54, 1.807) is 12.3 Å². The van der Waals surface area contributed by atoms with Crippen LogP contribution in [0.3, 0.4) is 0 Å². The van der Waals surface area contributed by atoms with Crippen molar-refractivity contribution in [1.82, 2.24) is 20.0 Å². The van der Waals surface area contributed by atoms with E-state index < -0.39 is 0 Å². The molecule has 1 fully saturated rings. The molecule has 0 spiro atoms. The molecule has 0 bridgehead atoms. The van der Waals surface area contributed by atoms with Crippen molar-refractivity contribution in [2.45, 2.75) is 26.3 Å². The standard InChI is InChI=1S/C22H24N6O/c1-16(2)17-5-7-18(8-6-17)21-25-20(29-26-21)15-27-10-12-28(13-11-27)22-19(14-23)4-3-9-24-22/h3-9,16H,10-13,15H2,1-2H3. The molecule has 7 nitrogen and oxygen atoms in total. The minimum absolute atomic E-state index is 0.499. The van der Waals surface area contributed by atoms with Crippen molar-refractivity contribution in [2.24, 2.45) is 0 Å². The first-order valence-corrected chi connectivity index (χ1v) is 9.89. The molecule has 148 valence electrons. The van der Waals surface area contributed by atoms with Gasteiger partial charge < -0.3 is 9.42 Å². The summed E-state index contributed by atoms with van der Waals surface area (Å²) in [5, 5.41) is 13.4. The Morgan fingerprint density at radius 2 is 1.86 bits per heavy atom. The molecule has 1 aliphatic rings. The molecular formula is C22H24N6O. The highest BCUT2D eigenvalue weighted by molar-refractivity contribution is 5.55. The maximum atomic E-state index is 9.28. The number of hydrogen-bond donors (Lipinski definition) is 0. The van der Waals surface area contributed by atoms with Crippen LogP contribution in [0.4, 0.5) is 5.82 Å². The van der Waals surface area contributed by atoms with Crippen LogP contribution >= 0.6 is 0 Å². The van der Waals surface area contributed by atoms with Gasteiger partial charge in [0, 0.05) is 37.9 Å². The molecule has 4 rings (SSSR count). The zero-order valence-electron chi connectivity index (χ0n) is 16.7. The summed E-state index contributed by atoms with van der Waals surface area (Å²) in [6.07, 6.45) is 1.73. The molecule has 0 atom stereocenters. The van der Waals surface area contributed by atoms with Crippen LogP contribution in [-0.2, 0) is 6.54 Å². The zero-order valence-corrected chi connectivity index (χ0v) is 16.7. The molecular weight excluding hydrogens is 364 g/mol. The van der Waals surface area contributed by atoms with E-state index in [-0.39, 0.29) is 0 Å². The third-order valence-electron chi connectivity index (χ3n) is 5.24. The monoisotopic (exact) mass is 388 g/mol. The fraction of sp³-hybridized carbons (Fsp3) is 0.364. The molecule has 29 heavy (non-hydrogen) atoms. The average Bonchev–Trinajstić information content (AvgIpc) is 3.23. The summed E-state index contributed by atoms with van der Waals surface area (Å²) >= 11 is 0. The van der Waals surface area contributed by atoms with Crippen LogP contribution in [0.25, 0.3) is 11.4 Å². The average molecular weight is 388 g/mol. The van der Waals surface area contributed by atoms with Crippen molar-refractivity contribution in [3.8, 4) is 17.5 Å². The quantitative estimate of drug-likeness (QED) is 0.662. The molecule has 0 aliphatic carbocycles. The molecule has 0 unspecified atom stereocenters. The van der Waals surface area contributed by atoms with Gasteiger partial charge in [0.05, 0.1) is 12.1 Å². The second kappa shape index (κ2) is 8.41. The highest BCUT2D eigenvalue weighted by atomic mass is 16.5. The Balaban J connectivity index is 1.36. The number of nitriles is 1. The van der Waals surface area contributed by atoms with Gasteiger partial charge in [-0.25, -0.2) is 4.98 Å². The van der Waals surface area contributed by atoms with E-state index in [4.69, 9.17) is 4.52 Å². The van der Waals surface area contributed by atoms with E-state index in [0.717, 1.165) is 37.6 Å². The third-order valence-corrected chi connectivity index (χ3v) is 5.24. The number of benzene rings is 1. The first-order chi connectivity index (χ1) is 14.1. The molecule has 2 aromatic heterocycles. The van der Waals surface area contributed by atoms with Crippen molar-refractivity contribution < 1.29 is 4.52 Å². The Bertz CT molecular complexity index is 997. The summed E-state index contributed by atoms with van der Waals surface area (Å²) < 4.78 is 5.48. The lowest BCUT2D eigenvalue weighted by atomic mass is 10.0. The Labute approximate surface area is 170 Å². The van der Waals surface area contributed by atoms with Crippen LogP contribution in [0.15, 0.2) is 47.1 Å². The molecule has 3 heterocycles. The smallest absolute Gasteiger partial charge is 0.241 e. The van der Waals surface area contributed by atoms with Crippen molar-refractivity contribution in [1.29, 1.82) is 5.26 Å². The minimum atomic E-state index is 0.499. The van der Waals surface area contributed by atoms with E-state index in [1.807, 2.05) is 18.2 Å². The Morgan fingerprint density at radius 3 is 2.55 bits per heavy atom. The normalized spacial score (nSPS) is 14.9. The molecule has 1 aromatic carbocycles. The van der Waals surface area contributed by atoms with Gasteiger partial charge in [0.25, 0.3) is 0 Å². The minimum Gasteiger partial charge on any atom is -0.353 e. The van der Waals surface area contributed by atoms with Gasteiger partial charge in [0.15, 0.2) is 0 Å². The molecule has 0 N–H and O–H groups in total. The maximum absolute atomic E-state index is 9.28. The van der Waals surface area contributed by atoms with Gasteiger partial charge in [0.1, 0.15) is 11.9 Å². The topological polar surface area (TPSA) is 82.1 Å². The molecule has 1 saturated heterocycles. The number of hydrogen-bond acceptors (Lipinski definition) is 7. The summed E-state index contributed by atoms with van der Waals surface area (Å²) in [5.74, 6) is 2.51. The second-order valence-electron chi connectivity index (χ2n) is 7.54. The summed E-state index contributed by atoms with van der Waals surface area (Å²) in [6.45, 7) is 8.29. The number of aromatic nitrogens is 3. The second-order valence-corrected chi connectivity index (χ2v) is 7.54. The number of rotatable bonds is 5. The molecule has 3 aromatic rings. The lowest BCUT2D eigenvalue weighted by Crippen LogP contribution is -2.46. The Morgan fingerprint density at radius 1 is 1.10 bits per heavy atom. The van der Waals surface area contributed by atoms with Crippen molar-refractivity contribution >= 4 is 5.82 Å². The molecule has 7 heteroatoms. The van der Waals surface area contributed by atoms with Gasteiger partial charge in [-0.05, 0) is 23.6 Å². The lowest BCUT2D eigenvalue weighted by molar-refractivity contribution is 0.215. The van der Waals surface area contributed by atoms with E-state index in [1.165, 1.54) is 5.56 Å². The summed E-state index contributed by atoms with van der Waals surface area (Å²) in [7, 11) is 0. The zero-order chi connectivity index (χ0) is 20.2. The van der Waals surface area contributed by atoms with Crippen molar-refractivity contribution in [3.05, 3.63) is 59.6 Å². The van der Waals surface area contributed by atoms with Crippen LogP contribution in [0, 0.1) is 11.3 Å². The van der Waals surface area contributed by atoms with E-state index >= 15 is 0 Å². The Hall–Kier alpha value is -3.24. The van der Waals surface area contributed by atoms with Gasteiger partial charge in [-0.3, -0.25) is 4.90 Å². The first kappa shape index (κ1) is 19.1. The van der Waals surface area contributed by atoms with Gasteiger partial charge in [-0.1, -0.05) is 43.3 Å². The number of anilines is 1. The summed E-state index contributed by atoms with van der Waals surface area (Å²) in [5.41, 5.74) is 2.88. The van der Waals surface area contributed by atoms with E-state index in [9.17, 15) is 5.26 Å². The first-order valence-electron chi connectivity index (χ1n) is 9.89. The molecule has 0 amide bonds. The van der Waals surface area contributed by atoms with E-state index in [0.29, 0.717) is 29.7 Å². The third kappa shape index (κ3) is 4.28. The van der Waals surface area contributed by atoms with Crippen LogP contribution in [-0.4, -0.2) is 46.2 Å². The SMILES string of the molecule is CC(C)c1ccc(-c2noc(CN3CCN(c4ncccc4C#N)CC3)n2)cc1. The number of pyridine rings is 1. The molecule has 1 aliphatic heterocycles. The summed E-state index contributed by atoms with van der Waals surface area (Å²) in [6, 6.07) is 14.1. The van der Waals surface area contributed by atoms with Crippen LogP contribution in [0.2, 0.25) is 0 Å². The number of piperazine rings is 1. The maximum Gasteiger partial charge on any atom is 0.241 e. The Kier molecular flexibility index (Phi) is 5.54. The van der Waals surface area contributed by atoms with Gasteiger partial charge in [-0.15, -0.1) is 0 Å². The van der Waals surface area contributed by atoms with Crippen LogP contribution in [0.5, 0.6) is 0 Å². The fourth-order valence-corrected chi connectivity index (χ4v) is 3.50. The summed E-state index contributed by atoms with van der Waals surface area (Å²) in [4.78, 5) is 13.4. The highest BCUT2D eigenvalue weighted by Gasteiger charge is 2.22. The van der Waals surface area contributed by atoms with Crippen LogP contribution in [0.1, 0.15) is 36.8 Å². The van der Waals surface area contributed by atoms with Crippen molar-refractivity contribution in [3.63, 3.8) is 0 Å². The van der Waals surface area contributed by atoms with Crippen LogP contribution < -0.4 is 4.90 Å².